The lowest BCUT2D eigenvalue weighted by Crippen LogP contribution is -1.92. The maximum absolute atomic E-state index is 4.37. The summed E-state index contributed by atoms with van der Waals surface area (Å²) in [5.74, 6) is 1.12. The van der Waals surface area contributed by atoms with Gasteiger partial charge in [0.05, 0.1) is 6.20 Å². The van der Waals surface area contributed by atoms with E-state index in [1.165, 1.54) is 6.33 Å². The highest BCUT2D eigenvalue weighted by molar-refractivity contribution is 7.99. The van der Waals surface area contributed by atoms with Crippen molar-refractivity contribution in [2.24, 2.45) is 0 Å². The molecule has 0 bridgehead atoms. The molecule has 0 fully saturated rings. The van der Waals surface area contributed by atoms with Crippen molar-refractivity contribution in [2.75, 3.05) is 5.75 Å². The maximum atomic E-state index is 4.37. The summed E-state index contributed by atoms with van der Waals surface area (Å²) in [5.41, 5.74) is 1.87. The highest BCUT2D eigenvalue weighted by Gasteiger charge is 2.16. The lowest BCUT2D eigenvalue weighted by Gasteiger charge is -1.93. The number of aromatic nitrogens is 4. The molecule has 60 valence electrons. The average Bonchev–Trinajstić information content (AvgIpc) is 2.62. The van der Waals surface area contributed by atoms with Crippen LogP contribution in [0, 0.1) is 0 Å². The van der Waals surface area contributed by atoms with Crippen molar-refractivity contribution in [3.63, 3.8) is 0 Å². The summed E-state index contributed by atoms with van der Waals surface area (Å²) >= 11 is 1.78. The number of aryl methyl sites for hydroxylation is 1. The summed E-state index contributed by atoms with van der Waals surface area (Å²) in [4.78, 5) is 12.4. The first kappa shape index (κ1) is 6.42. The van der Waals surface area contributed by atoms with Crippen LogP contribution in [0.15, 0.2) is 17.7 Å². The van der Waals surface area contributed by atoms with Gasteiger partial charge in [-0.3, -0.25) is 0 Å². The van der Waals surface area contributed by atoms with Gasteiger partial charge < -0.3 is 4.57 Å². The van der Waals surface area contributed by atoms with E-state index in [4.69, 9.17) is 0 Å². The molecule has 12 heavy (non-hydrogen) atoms. The molecule has 2 aromatic rings. The minimum atomic E-state index is 0.812. The van der Waals surface area contributed by atoms with E-state index in [-0.39, 0.29) is 0 Å². The Morgan fingerprint density at radius 2 is 2.50 bits per heavy atom. The number of rotatable bonds is 0. The molecule has 0 N–H and O–H groups in total. The van der Waals surface area contributed by atoms with Gasteiger partial charge in [-0.05, 0) is 0 Å². The highest BCUT2D eigenvalue weighted by Crippen LogP contribution is 2.27. The molecule has 2 aromatic heterocycles. The molecule has 0 unspecified atom stereocenters. The third-order valence-electron chi connectivity index (χ3n) is 1.94. The SMILES string of the molecule is c1ncc2c(n1)nc1n2CCS1. The van der Waals surface area contributed by atoms with E-state index in [0.717, 1.165) is 28.6 Å². The van der Waals surface area contributed by atoms with Gasteiger partial charge in [0.2, 0.25) is 0 Å². The number of hydrogen-bond acceptors (Lipinski definition) is 4. The normalized spacial score (nSPS) is 15.3. The molecule has 0 saturated carbocycles. The van der Waals surface area contributed by atoms with E-state index < -0.39 is 0 Å². The van der Waals surface area contributed by atoms with E-state index in [2.05, 4.69) is 19.5 Å². The van der Waals surface area contributed by atoms with Crippen LogP contribution >= 0.6 is 11.8 Å². The Labute approximate surface area is 73.0 Å². The predicted molar refractivity (Wildman–Crippen MR) is 46.0 cm³/mol. The van der Waals surface area contributed by atoms with Gasteiger partial charge in [0.15, 0.2) is 10.8 Å². The van der Waals surface area contributed by atoms with Crippen LogP contribution in [0.25, 0.3) is 11.2 Å². The second kappa shape index (κ2) is 2.20. The van der Waals surface area contributed by atoms with Crippen LogP contribution in [0.3, 0.4) is 0 Å². The van der Waals surface area contributed by atoms with Gasteiger partial charge in [0.1, 0.15) is 11.8 Å². The highest BCUT2D eigenvalue weighted by atomic mass is 32.2. The zero-order valence-electron chi connectivity index (χ0n) is 6.27. The quantitative estimate of drug-likeness (QED) is 0.602. The van der Waals surface area contributed by atoms with Gasteiger partial charge in [-0.15, -0.1) is 0 Å². The Morgan fingerprint density at radius 3 is 3.50 bits per heavy atom. The molecule has 4 nitrogen and oxygen atoms in total. The lowest BCUT2D eigenvalue weighted by molar-refractivity contribution is 0.742. The van der Waals surface area contributed by atoms with Gasteiger partial charge in [-0.2, -0.15) is 0 Å². The minimum absolute atomic E-state index is 0.812. The largest absolute Gasteiger partial charge is 0.315 e. The minimum Gasteiger partial charge on any atom is -0.315 e. The molecule has 1 aliphatic rings. The molecule has 0 aromatic carbocycles. The summed E-state index contributed by atoms with van der Waals surface area (Å²) in [6.45, 7) is 1.03. The standard InChI is InChI=1S/C7H6N4S/c1-2-12-7-10-6-5(11(1)7)3-8-4-9-6/h3-4H,1-2H2. The van der Waals surface area contributed by atoms with Crippen molar-refractivity contribution in [2.45, 2.75) is 11.7 Å². The van der Waals surface area contributed by atoms with Crippen LogP contribution in [0.5, 0.6) is 0 Å². The molecular formula is C7H6N4S. The first-order valence-electron chi connectivity index (χ1n) is 3.74. The molecule has 3 heterocycles. The molecule has 0 saturated heterocycles. The fraction of sp³-hybridized carbons (Fsp3) is 0.286. The van der Waals surface area contributed by atoms with Gasteiger partial charge in [0, 0.05) is 12.3 Å². The summed E-state index contributed by atoms with van der Waals surface area (Å²) < 4.78 is 2.17. The Kier molecular flexibility index (Phi) is 1.17. The van der Waals surface area contributed by atoms with Crippen molar-refractivity contribution in [3.05, 3.63) is 12.5 Å². The smallest absolute Gasteiger partial charge is 0.181 e. The second-order valence-electron chi connectivity index (χ2n) is 2.63. The van der Waals surface area contributed by atoms with E-state index in [1.54, 1.807) is 11.8 Å². The van der Waals surface area contributed by atoms with E-state index in [1.807, 2.05) is 6.20 Å². The molecule has 0 amide bonds. The average molecular weight is 178 g/mol. The molecule has 0 radical (unpaired) electrons. The Morgan fingerprint density at radius 1 is 1.50 bits per heavy atom. The fourth-order valence-corrected chi connectivity index (χ4v) is 2.35. The van der Waals surface area contributed by atoms with Gasteiger partial charge >= 0.3 is 0 Å². The van der Waals surface area contributed by atoms with Crippen molar-refractivity contribution in [1.29, 1.82) is 0 Å². The molecule has 0 atom stereocenters. The van der Waals surface area contributed by atoms with Crippen molar-refractivity contribution < 1.29 is 0 Å². The van der Waals surface area contributed by atoms with Crippen LogP contribution in [-0.2, 0) is 6.54 Å². The van der Waals surface area contributed by atoms with E-state index in [9.17, 15) is 0 Å². The van der Waals surface area contributed by atoms with E-state index in [0.29, 0.717) is 0 Å². The van der Waals surface area contributed by atoms with Crippen LogP contribution in [0.1, 0.15) is 0 Å². The Balaban J connectivity index is 2.44. The van der Waals surface area contributed by atoms with Crippen molar-refractivity contribution in [1.82, 2.24) is 19.5 Å². The Bertz CT molecular complexity index is 436. The van der Waals surface area contributed by atoms with Crippen LogP contribution < -0.4 is 0 Å². The number of nitrogens with zero attached hydrogens (tertiary/aromatic N) is 4. The molecule has 3 rings (SSSR count). The number of imidazole rings is 1. The van der Waals surface area contributed by atoms with Crippen LogP contribution in [0.2, 0.25) is 0 Å². The van der Waals surface area contributed by atoms with Gasteiger partial charge in [-0.1, -0.05) is 11.8 Å². The molecule has 1 aliphatic heterocycles. The topological polar surface area (TPSA) is 43.6 Å². The van der Waals surface area contributed by atoms with Crippen molar-refractivity contribution in [3.8, 4) is 0 Å². The summed E-state index contributed by atoms with van der Waals surface area (Å²) in [5, 5.41) is 1.07. The molecule has 0 aliphatic carbocycles. The van der Waals surface area contributed by atoms with Crippen LogP contribution in [0.4, 0.5) is 0 Å². The summed E-state index contributed by atoms with van der Waals surface area (Å²) in [7, 11) is 0. The number of thioether (sulfide) groups is 1. The maximum Gasteiger partial charge on any atom is 0.181 e. The van der Waals surface area contributed by atoms with Gasteiger partial charge in [-0.25, -0.2) is 15.0 Å². The third-order valence-corrected chi connectivity index (χ3v) is 2.90. The fourth-order valence-electron chi connectivity index (χ4n) is 1.40. The van der Waals surface area contributed by atoms with E-state index >= 15 is 0 Å². The third kappa shape index (κ3) is 0.714. The zero-order chi connectivity index (χ0) is 7.97. The molecular weight excluding hydrogens is 172 g/mol. The zero-order valence-corrected chi connectivity index (χ0v) is 7.08. The van der Waals surface area contributed by atoms with Crippen molar-refractivity contribution >= 4 is 22.9 Å². The first-order chi connectivity index (χ1) is 5.95. The number of hydrogen-bond donors (Lipinski definition) is 0. The lowest BCUT2D eigenvalue weighted by atomic mass is 10.5. The summed E-state index contributed by atoms with van der Waals surface area (Å²) in [6, 6.07) is 0. The predicted octanol–water partition coefficient (Wildman–Crippen LogP) is 0.932. The number of fused-ring (bicyclic) bond motifs is 3. The van der Waals surface area contributed by atoms with Gasteiger partial charge in [0.25, 0.3) is 0 Å². The monoisotopic (exact) mass is 178 g/mol. The van der Waals surface area contributed by atoms with Crippen LogP contribution in [-0.4, -0.2) is 25.3 Å². The Hall–Kier alpha value is -1.10. The molecule has 0 spiro atoms. The second-order valence-corrected chi connectivity index (χ2v) is 3.69. The molecule has 5 heteroatoms. The first-order valence-corrected chi connectivity index (χ1v) is 4.73. The summed E-state index contributed by atoms with van der Waals surface area (Å²) in [6.07, 6.45) is 3.36.